The standard InChI is InChI=1S/C17H27NO3/c1-11(14-9-12-4-5-13(14)8-12)18-15(19)10-17(16(20)21)6-2-3-7-17/h11-14H,2-10H2,1H3,(H,18,19)(H,20,21). The third-order valence-corrected chi connectivity index (χ3v) is 6.34. The van der Waals surface area contributed by atoms with Gasteiger partial charge >= 0.3 is 5.97 Å². The summed E-state index contributed by atoms with van der Waals surface area (Å²) in [5, 5.41) is 12.6. The highest BCUT2D eigenvalue weighted by Crippen LogP contribution is 2.49. The summed E-state index contributed by atoms with van der Waals surface area (Å²) in [6, 6.07) is 0.194. The fraction of sp³-hybridized carbons (Fsp3) is 0.882. The molecule has 4 heteroatoms. The molecule has 118 valence electrons. The second-order valence-corrected chi connectivity index (χ2v) is 7.66. The van der Waals surface area contributed by atoms with Crippen molar-refractivity contribution >= 4 is 11.9 Å². The van der Waals surface area contributed by atoms with Gasteiger partial charge in [0.05, 0.1) is 5.41 Å². The van der Waals surface area contributed by atoms with Gasteiger partial charge in [-0.15, -0.1) is 0 Å². The molecule has 0 aromatic heterocycles. The lowest BCUT2D eigenvalue weighted by atomic mass is 9.81. The van der Waals surface area contributed by atoms with E-state index in [0.29, 0.717) is 18.8 Å². The second-order valence-electron chi connectivity index (χ2n) is 7.66. The van der Waals surface area contributed by atoms with Crippen molar-refractivity contribution in [3.8, 4) is 0 Å². The number of nitrogens with one attached hydrogen (secondary N) is 1. The maximum atomic E-state index is 12.3. The van der Waals surface area contributed by atoms with Crippen LogP contribution in [0.1, 0.15) is 64.7 Å². The number of rotatable bonds is 5. The summed E-state index contributed by atoms with van der Waals surface area (Å²) in [7, 11) is 0. The van der Waals surface area contributed by atoms with E-state index >= 15 is 0 Å². The summed E-state index contributed by atoms with van der Waals surface area (Å²) < 4.78 is 0. The number of carbonyl (C=O) groups excluding carboxylic acids is 1. The second kappa shape index (κ2) is 5.62. The predicted octanol–water partition coefficient (Wildman–Crippen LogP) is 2.96. The van der Waals surface area contributed by atoms with E-state index in [2.05, 4.69) is 12.2 Å². The molecule has 3 fully saturated rings. The number of aliphatic carboxylic acids is 1. The lowest BCUT2D eigenvalue weighted by molar-refractivity contribution is -0.151. The van der Waals surface area contributed by atoms with Crippen LogP contribution in [0.2, 0.25) is 0 Å². The summed E-state index contributed by atoms with van der Waals surface area (Å²) in [6.07, 6.45) is 8.59. The minimum atomic E-state index is -0.793. The summed E-state index contributed by atoms with van der Waals surface area (Å²) in [5.41, 5.74) is -0.793. The van der Waals surface area contributed by atoms with Crippen LogP contribution >= 0.6 is 0 Å². The van der Waals surface area contributed by atoms with Crippen LogP contribution in [0.25, 0.3) is 0 Å². The number of hydrogen-bond acceptors (Lipinski definition) is 2. The molecule has 0 aromatic rings. The van der Waals surface area contributed by atoms with Crippen molar-refractivity contribution in [3.63, 3.8) is 0 Å². The van der Waals surface area contributed by atoms with E-state index in [1.165, 1.54) is 25.7 Å². The van der Waals surface area contributed by atoms with Crippen molar-refractivity contribution in [2.75, 3.05) is 0 Å². The van der Waals surface area contributed by atoms with Gasteiger partial charge in [-0.25, -0.2) is 0 Å². The van der Waals surface area contributed by atoms with Gasteiger partial charge in [0, 0.05) is 12.5 Å². The number of carbonyl (C=O) groups is 2. The van der Waals surface area contributed by atoms with E-state index in [-0.39, 0.29) is 18.4 Å². The number of carboxylic acids is 1. The normalized spacial score (nSPS) is 34.8. The first-order chi connectivity index (χ1) is 10.00. The van der Waals surface area contributed by atoms with Crippen LogP contribution in [0.15, 0.2) is 0 Å². The largest absolute Gasteiger partial charge is 0.481 e. The SMILES string of the molecule is CC(NC(=O)CC1(C(=O)O)CCCC1)C1CC2CCC1C2. The average Bonchev–Trinajstić information content (AvgIpc) is 3.14. The monoisotopic (exact) mass is 293 g/mol. The first kappa shape index (κ1) is 14.9. The molecule has 2 bridgehead atoms. The van der Waals surface area contributed by atoms with Crippen LogP contribution in [0.4, 0.5) is 0 Å². The maximum Gasteiger partial charge on any atom is 0.310 e. The lowest BCUT2D eigenvalue weighted by Crippen LogP contribution is -2.43. The Morgan fingerprint density at radius 1 is 1.24 bits per heavy atom. The molecule has 3 aliphatic rings. The number of fused-ring (bicyclic) bond motifs is 2. The highest BCUT2D eigenvalue weighted by atomic mass is 16.4. The molecule has 0 radical (unpaired) electrons. The Balaban J connectivity index is 1.55. The maximum absolute atomic E-state index is 12.3. The number of hydrogen-bond donors (Lipinski definition) is 2. The molecular weight excluding hydrogens is 266 g/mol. The van der Waals surface area contributed by atoms with Gasteiger partial charge in [0.1, 0.15) is 0 Å². The van der Waals surface area contributed by atoms with E-state index in [4.69, 9.17) is 0 Å². The highest BCUT2D eigenvalue weighted by Gasteiger charge is 2.45. The lowest BCUT2D eigenvalue weighted by Gasteiger charge is -2.30. The van der Waals surface area contributed by atoms with Crippen molar-refractivity contribution in [2.45, 2.75) is 70.8 Å². The molecule has 2 N–H and O–H groups in total. The van der Waals surface area contributed by atoms with Gasteiger partial charge in [-0.05, 0) is 56.8 Å². The molecule has 21 heavy (non-hydrogen) atoms. The van der Waals surface area contributed by atoms with E-state index in [1.807, 2.05) is 0 Å². The predicted molar refractivity (Wildman–Crippen MR) is 79.7 cm³/mol. The molecule has 3 rings (SSSR count). The Kier molecular flexibility index (Phi) is 3.98. The Bertz CT molecular complexity index is 428. The van der Waals surface area contributed by atoms with E-state index in [1.54, 1.807) is 0 Å². The molecule has 3 saturated carbocycles. The highest BCUT2D eigenvalue weighted by molar-refractivity contribution is 5.85. The molecule has 4 atom stereocenters. The summed E-state index contributed by atoms with van der Waals surface area (Å²) >= 11 is 0. The van der Waals surface area contributed by atoms with E-state index in [0.717, 1.165) is 24.7 Å². The topological polar surface area (TPSA) is 66.4 Å². The Morgan fingerprint density at radius 3 is 2.48 bits per heavy atom. The molecule has 3 aliphatic carbocycles. The van der Waals surface area contributed by atoms with Gasteiger partial charge in [-0.2, -0.15) is 0 Å². The molecule has 0 aromatic carbocycles. The van der Waals surface area contributed by atoms with Crippen molar-refractivity contribution in [1.29, 1.82) is 0 Å². The minimum Gasteiger partial charge on any atom is -0.481 e. The first-order valence-corrected chi connectivity index (χ1v) is 8.53. The quantitative estimate of drug-likeness (QED) is 0.819. The van der Waals surface area contributed by atoms with Crippen LogP contribution in [-0.2, 0) is 9.59 Å². The van der Waals surface area contributed by atoms with Gasteiger partial charge in [0.15, 0.2) is 0 Å². The molecule has 4 nitrogen and oxygen atoms in total. The molecular formula is C17H27NO3. The third-order valence-electron chi connectivity index (χ3n) is 6.34. The molecule has 0 aliphatic heterocycles. The van der Waals surface area contributed by atoms with Crippen molar-refractivity contribution in [2.24, 2.45) is 23.2 Å². The molecule has 0 saturated heterocycles. The Labute approximate surface area is 126 Å². The molecule has 0 heterocycles. The number of carboxylic acid groups (broad SMARTS) is 1. The van der Waals surface area contributed by atoms with Gasteiger partial charge in [0.2, 0.25) is 5.91 Å². The molecule has 1 amide bonds. The zero-order valence-corrected chi connectivity index (χ0v) is 12.9. The van der Waals surface area contributed by atoms with Gasteiger partial charge < -0.3 is 10.4 Å². The van der Waals surface area contributed by atoms with Gasteiger partial charge in [-0.3, -0.25) is 9.59 Å². The smallest absolute Gasteiger partial charge is 0.310 e. The van der Waals surface area contributed by atoms with Crippen LogP contribution < -0.4 is 5.32 Å². The summed E-state index contributed by atoms with van der Waals surface area (Å²) in [6.45, 7) is 2.10. The zero-order chi connectivity index (χ0) is 15.0. The third kappa shape index (κ3) is 2.82. The van der Waals surface area contributed by atoms with Crippen LogP contribution in [0, 0.1) is 23.2 Å². The average molecular weight is 293 g/mol. The summed E-state index contributed by atoms with van der Waals surface area (Å²) in [5.74, 6) is 1.42. The number of amides is 1. The van der Waals surface area contributed by atoms with Gasteiger partial charge in [0.25, 0.3) is 0 Å². The van der Waals surface area contributed by atoms with Crippen molar-refractivity contribution in [1.82, 2.24) is 5.32 Å². The molecule has 0 spiro atoms. The molecule has 4 unspecified atom stereocenters. The van der Waals surface area contributed by atoms with Crippen molar-refractivity contribution < 1.29 is 14.7 Å². The fourth-order valence-corrected chi connectivity index (χ4v) is 5.14. The zero-order valence-electron chi connectivity index (χ0n) is 12.9. The minimum absolute atomic E-state index is 0.0606. The first-order valence-electron chi connectivity index (χ1n) is 8.53. The summed E-state index contributed by atoms with van der Waals surface area (Å²) in [4.78, 5) is 23.8. The van der Waals surface area contributed by atoms with E-state index in [9.17, 15) is 14.7 Å². The van der Waals surface area contributed by atoms with Crippen LogP contribution in [-0.4, -0.2) is 23.0 Å². The Hall–Kier alpha value is -1.06. The van der Waals surface area contributed by atoms with Crippen molar-refractivity contribution in [3.05, 3.63) is 0 Å². The van der Waals surface area contributed by atoms with Gasteiger partial charge in [-0.1, -0.05) is 19.3 Å². The van der Waals surface area contributed by atoms with E-state index < -0.39 is 11.4 Å². The fourth-order valence-electron chi connectivity index (χ4n) is 5.14. The van der Waals surface area contributed by atoms with Crippen LogP contribution in [0.3, 0.4) is 0 Å². The van der Waals surface area contributed by atoms with Crippen LogP contribution in [0.5, 0.6) is 0 Å². The Morgan fingerprint density at radius 2 is 1.95 bits per heavy atom.